The topological polar surface area (TPSA) is 130 Å². The van der Waals surface area contributed by atoms with E-state index in [9.17, 15) is 24.6 Å². The Morgan fingerprint density at radius 3 is 2.50 bits per heavy atom. The van der Waals surface area contributed by atoms with Crippen LogP contribution in [0.4, 0.5) is 5.13 Å². The number of amides is 1. The molecule has 0 spiro atoms. The molecule has 10 heteroatoms. The second kappa shape index (κ2) is 8.90. The SMILES string of the molecule is COc1ccc(/C(O)=C2\C(=O)C(=O)N(c3nc4ccc(C(=O)O)cc4s3)C2c2ccccn2)cc1C. The summed E-state index contributed by atoms with van der Waals surface area (Å²) in [5.41, 5.74) is 1.90. The highest BCUT2D eigenvalue weighted by Crippen LogP contribution is 2.44. The Kier molecular flexibility index (Phi) is 5.73. The van der Waals surface area contributed by atoms with E-state index in [1.165, 1.54) is 30.3 Å². The molecule has 0 aliphatic carbocycles. The minimum absolute atomic E-state index is 0.0795. The number of Topliss-reactive ketones (excluding diaryl/α,β-unsaturated/α-hetero) is 1. The number of thiazole rings is 1. The Balaban J connectivity index is 1.70. The third-order valence-corrected chi connectivity index (χ3v) is 6.93. The maximum absolute atomic E-state index is 13.3. The minimum atomic E-state index is -1.09. The van der Waals surface area contributed by atoms with Gasteiger partial charge in [-0.3, -0.25) is 19.5 Å². The van der Waals surface area contributed by atoms with E-state index in [4.69, 9.17) is 4.74 Å². The van der Waals surface area contributed by atoms with Gasteiger partial charge in [-0.1, -0.05) is 17.4 Å². The van der Waals surface area contributed by atoms with Crippen LogP contribution in [0.3, 0.4) is 0 Å². The van der Waals surface area contributed by atoms with Gasteiger partial charge in [-0.2, -0.15) is 0 Å². The summed E-state index contributed by atoms with van der Waals surface area (Å²) in [6, 6.07) is 13.4. The van der Waals surface area contributed by atoms with Crippen molar-refractivity contribution in [2.75, 3.05) is 12.0 Å². The zero-order valence-corrected chi connectivity index (χ0v) is 19.9. The highest BCUT2D eigenvalue weighted by Gasteiger charge is 2.48. The predicted molar refractivity (Wildman–Crippen MR) is 133 cm³/mol. The number of anilines is 1. The van der Waals surface area contributed by atoms with Gasteiger partial charge in [0.25, 0.3) is 5.78 Å². The van der Waals surface area contributed by atoms with Gasteiger partial charge in [0, 0.05) is 11.8 Å². The molecule has 5 rings (SSSR count). The molecule has 0 radical (unpaired) electrons. The van der Waals surface area contributed by atoms with Crippen LogP contribution in [0.5, 0.6) is 5.75 Å². The third kappa shape index (κ3) is 3.77. The average molecular weight is 502 g/mol. The molecule has 4 aromatic rings. The smallest absolute Gasteiger partial charge is 0.335 e. The fourth-order valence-corrected chi connectivity index (χ4v) is 5.21. The minimum Gasteiger partial charge on any atom is -0.507 e. The summed E-state index contributed by atoms with van der Waals surface area (Å²) < 4.78 is 5.82. The highest BCUT2D eigenvalue weighted by atomic mass is 32.1. The number of aliphatic hydroxyl groups excluding tert-OH is 1. The molecule has 2 aromatic heterocycles. The van der Waals surface area contributed by atoms with Gasteiger partial charge in [0.2, 0.25) is 0 Å². The van der Waals surface area contributed by atoms with Crippen molar-refractivity contribution >= 4 is 50.1 Å². The Bertz CT molecular complexity index is 1580. The van der Waals surface area contributed by atoms with E-state index in [0.29, 0.717) is 27.2 Å². The lowest BCUT2D eigenvalue weighted by atomic mass is 9.97. The molecule has 2 N–H and O–H groups in total. The molecule has 1 atom stereocenters. The van der Waals surface area contributed by atoms with Gasteiger partial charge in [-0.05, 0) is 61.0 Å². The van der Waals surface area contributed by atoms with E-state index >= 15 is 0 Å². The first kappa shape index (κ1) is 23.2. The Morgan fingerprint density at radius 1 is 1.06 bits per heavy atom. The molecule has 3 heterocycles. The van der Waals surface area contributed by atoms with Crippen LogP contribution in [0.25, 0.3) is 16.0 Å². The Hall–Kier alpha value is -4.57. The van der Waals surface area contributed by atoms with Crippen molar-refractivity contribution in [1.29, 1.82) is 0 Å². The normalized spacial score (nSPS) is 17.1. The van der Waals surface area contributed by atoms with Crippen LogP contribution in [-0.2, 0) is 9.59 Å². The number of carboxylic acid groups (broad SMARTS) is 1. The first-order valence-corrected chi connectivity index (χ1v) is 11.6. The Morgan fingerprint density at radius 2 is 1.83 bits per heavy atom. The summed E-state index contributed by atoms with van der Waals surface area (Å²) in [4.78, 5) is 48.0. The van der Waals surface area contributed by atoms with Gasteiger partial charge in [-0.15, -0.1) is 0 Å². The van der Waals surface area contributed by atoms with Crippen molar-refractivity contribution in [2.45, 2.75) is 13.0 Å². The molecular formula is C26H19N3O6S. The lowest BCUT2D eigenvalue weighted by Crippen LogP contribution is -2.29. The Labute approximate surface area is 208 Å². The molecule has 1 aliphatic heterocycles. The molecule has 1 fully saturated rings. The number of aliphatic hydroxyl groups is 1. The lowest BCUT2D eigenvalue weighted by Gasteiger charge is -2.22. The highest BCUT2D eigenvalue weighted by molar-refractivity contribution is 7.22. The van der Waals surface area contributed by atoms with Crippen LogP contribution in [-0.4, -0.2) is 45.0 Å². The molecular weight excluding hydrogens is 482 g/mol. The van der Waals surface area contributed by atoms with Crippen LogP contribution >= 0.6 is 11.3 Å². The van der Waals surface area contributed by atoms with E-state index in [-0.39, 0.29) is 22.0 Å². The number of carbonyl (C=O) groups is 3. The first-order valence-electron chi connectivity index (χ1n) is 10.8. The van der Waals surface area contributed by atoms with E-state index in [1.807, 2.05) is 0 Å². The second-order valence-electron chi connectivity index (χ2n) is 8.09. The molecule has 0 saturated carbocycles. The molecule has 180 valence electrons. The third-order valence-electron chi connectivity index (χ3n) is 5.91. The molecule has 0 bridgehead atoms. The molecule has 36 heavy (non-hydrogen) atoms. The van der Waals surface area contributed by atoms with E-state index in [2.05, 4.69) is 9.97 Å². The zero-order chi connectivity index (χ0) is 25.6. The van der Waals surface area contributed by atoms with Gasteiger partial charge in [0.1, 0.15) is 17.6 Å². The number of carboxylic acids is 1. The number of nitrogens with zero attached hydrogens (tertiary/aromatic N) is 3. The summed E-state index contributed by atoms with van der Waals surface area (Å²) in [5.74, 6) is -2.55. The van der Waals surface area contributed by atoms with Gasteiger partial charge < -0.3 is 14.9 Å². The number of hydrogen-bond acceptors (Lipinski definition) is 8. The van der Waals surface area contributed by atoms with Gasteiger partial charge in [0.15, 0.2) is 5.13 Å². The van der Waals surface area contributed by atoms with Gasteiger partial charge >= 0.3 is 11.9 Å². The van der Waals surface area contributed by atoms with Crippen molar-refractivity contribution in [1.82, 2.24) is 9.97 Å². The van der Waals surface area contributed by atoms with Gasteiger partial charge in [0.05, 0.1) is 34.2 Å². The number of ether oxygens (including phenoxy) is 1. The van der Waals surface area contributed by atoms with Crippen molar-refractivity contribution in [3.63, 3.8) is 0 Å². The lowest BCUT2D eigenvalue weighted by molar-refractivity contribution is -0.132. The number of ketones is 1. The number of pyridine rings is 1. The van der Waals surface area contributed by atoms with E-state index in [0.717, 1.165) is 16.9 Å². The van der Waals surface area contributed by atoms with Crippen LogP contribution in [0.2, 0.25) is 0 Å². The largest absolute Gasteiger partial charge is 0.507 e. The van der Waals surface area contributed by atoms with Crippen LogP contribution in [0, 0.1) is 6.92 Å². The fraction of sp³-hybridized carbons (Fsp3) is 0.115. The number of benzene rings is 2. The number of methoxy groups -OCH3 is 1. The number of hydrogen-bond donors (Lipinski definition) is 2. The predicted octanol–water partition coefficient (Wildman–Crippen LogP) is 4.33. The fourth-order valence-electron chi connectivity index (χ4n) is 4.18. The number of aromatic carboxylic acids is 1. The van der Waals surface area contributed by atoms with Crippen LogP contribution in [0.1, 0.15) is 33.2 Å². The summed E-state index contributed by atoms with van der Waals surface area (Å²) in [7, 11) is 1.53. The number of carbonyl (C=O) groups excluding carboxylic acids is 2. The number of rotatable bonds is 5. The maximum Gasteiger partial charge on any atom is 0.335 e. The molecule has 1 aliphatic rings. The molecule has 1 amide bonds. The van der Waals surface area contributed by atoms with Crippen LogP contribution < -0.4 is 9.64 Å². The number of fused-ring (bicyclic) bond motifs is 1. The number of aromatic nitrogens is 2. The maximum atomic E-state index is 13.3. The molecule has 1 unspecified atom stereocenters. The first-order chi connectivity index (χ1) is 17.3. The van der Waals surface area contributed by atoms with Crippen molar-refractivity contribution in [2.24, 2.45) is 0 Å². The molecule has 9 nitrogen and oxygen atoms in total. The molecule has 2 aromatic carbocycles. The number of aryl methyl sites for hydroxylation is 1. The monoisotopic (exact) mass is 501 g/mol. The average Bonchev–Trinajstić information content (AvgIpc) is 3.41. The van der Waals surface area contributed by atoms with E-state index in [1.54, 1.807) is 49.4 Å². The van der Waals surface area contributed by atoms with E-state index < -0.39 is 23.7 Å². The summed E-state index contributed by atoms with van der Waals surface area (Å²) >= 11 is 1.08. The van der Waals surface area contributed by atoms with Crippen molar-refractivity contribution in [3.05, 3.63) is 88.8 Å². The zero-order valence-electron chi connectivity index (χ0n) is 19.1. The van der Waals surface area contributed by atoms with Crippen molar-refractivity contribution in [3.8, 4) is 5.75 Å². The summed E-state index contributed by atoms with van der Waals surface area (Å²) in [6.07, 6.45) is 1.53. The quantitative estimate of drug-likeness (QED) is 0.235. The van der Waals surface area contributed by atoms with Gasteiger partial charge in [-0.25, -0.2) is 9.78 Å². The molecule has 1 saturated heterocycles. The summed E-state index contributed by atoms with van der Waals surface area (Å²) in [6.45, 7) is 1.80. The van der Waals surface area contributed by atoms with Crippen LogP contribution in [0.15, 0.2) is 66.4 Å². The van der Waals surface area contributed by atoms with Crippen molar-refractivity contribution < 1.29 is 29.3 Å². The second-order valence-corrected chi connectivity index (χ2v) is 9.10. The summed E-state index contributed by atoms with van der Waals surface area (Å²) in [5, 5.41) is 20.8. The standard InChI is InChI=1S/C26H19N3O6S/c1-13-11-14(7-9-18(13)35-2)22(30)20-21(17-5-3-4-10-27-17)29(24(32)23(20)31)26-28-16-8-6-15(25(33)34)12-19(16)36-26/h3-12,21,30H,1-2H3,(H,33,34)/b22-20+.